The number of likely N-dealkylation sites (tertiary alicyclic amines) is 1. The number of fused-ring (bicyclic) bond motifs is 1. The minimum absolute atomic E-state index is 0. The molecule has 0 radical (unpaired) electrons. The average Bonchev–Trinajstić information content (AvgIpc) is 2.94. The number of aromatic nitrogens is 1. The fraction of sp³-hybridized carbons (Fsp3) is 0.348. The Hall–Kier alpha value is -2.30. The highest BCUT2D eigenvalue weighted by atomic mass is 35.5. The van der Waals surface area contributed by atoms with Crippen LogP contribution in [0.15, 0.2) is 48.5 Å². The highest BCUT2D eigenvalue weighted by molar-refractivity contribution is 6.17. The Balaban J connectivity index is 0.00000225. The monoisotopic (exact) mass is 397 g/mol. The summed E-state index contributed by atoms with van der Waals surface area (Å²) in [6.45, 7) is 5.35. The van der Waals surface area contributed by atoms with Crippen molar-refractivity contribution in [2.24, 2.45) is 5.92 Å². The van der Waals surface area contributed by atoms with Crippen LogP contribution in [0.25, 0.3) is 10.9 Å². The van der Waals surface area contributed by atoms with E-state index in [1.165, 1.54) is 19.4 Å². The van der Waals surface area contributed by atoms with Gasteiger partial charge in [-0.2, -0.15) is 0 Å². The lowest BCUT2D eigenvalue weighted by Gasteiger charge is -2.30. The summed E-state index contributed by atoms with van der Waals surface area (Å²) in [5, 5.41) is 1.04. The van der Waals surface area contributed by atoms with Crippen LogP contribution in [-0.4, -0.2) is 35.4 Å². The van der Waals surface area contributed by atoms with Gasteiger partial charge >= 0.3 is 0 Å². The highest BCUT2D eigenvalue weighted by Gasteiger charge is 2.24. The fourth-order valence-electron chi connectivity index (χ4n) is 4.41. The van der Waals surface area contributed by atoms with E-state index in [0.29, 0.717) is 17.2 Å². The number of carbonyl (C=O) groups excluding carboxylic acids is 1. The van der Waals surface area contributed by atoms with Crippen LogP contribution in [-0.2, 0) is 6.54 Å². The van der Waals surface area contributed by atoms with Crippen molar-refractivity contribution in [2.45, 2.75) is 26.3 Å². The van der Waals surface area contributed by atoms with Crippen LogP contribution in [0.1, 0.15) is 34.5 Å². The zero-order chi connectivity index (χ0) is 19.0. The summed E-state index contributed by atoms with van der Waals surface area (Å²) in [5.41, 5.74) is 10.2. The van der Waals surface area contributed by atoms with Crippen molar-refractivity contribution in [3.63, 3.8) is 0 Å². The molecule has 1 unspecified atom stereocenters. The number of nitrogens with zero attached hydrogens (tertiary/aromatic N) is 2. The first-order valence-electron chi connectivity index (χ1n) is 9.71. The maximum absolute atomic E-state index is 13.3. The van der Waals surface area contributed by atoms with Crippen LogP contribution in [0.3, 0.4) is 0 Å². The normalized spacial score (nSPS) is 17.4. The highest BCUT2D eigenvalue weighted by Crippen LogP contribution is 2.30. The first kappa shape index (κ1) is 20.4. The number of anilines is 1. The predicted octanol–water partition coefficient (Wildman–Crippen LogP) is 4.53. The smallest absolute Gasteiger partial charge is 0.195 e. The Kier molecular flexibility index (Phi) is 6.11. The number of ketones is 1. The first-order chi connectivity index (χ1) is 13.0. The Morgan fingerprint density at radius 2 is 1.86 bits per heavy atom. The van der Waals surface area contributed by atoms with Gasteiger partial charge in [0.2, 0.25) is 0 Å². The molecule has 2 N–H and O–H groups in total. The lowest BCUT2D eigenvalue weighted by atomic mass is 9.98. The van der Waals surface area contributed by atoms with Gasteiger partial charge in [0.1, 0.15) is 0 Å². The zero-order valence-electron chi connectivity index (χ0n) is 16.5. The second-order valence-corrected chi connectivity index (χ2v) is 7.81. The van der Waals surface area contributed by atoms with Gasteiger partial charge in [-0.1, -0.05) is 18.2 Å². The number of hydrogen-bond donors (Lipinski definition) is 1. The third-order valence-electron chi connectivity index (χ3n) is 5.79. The molecule has 0 amide bonds. The molecule has 4 rings (SSSR count). The van der Waals surface area contributed by atoms with Crippen LogP contribution < -0.4 is 5.73 Å². The van der Waals surface area contributed by atoms with Crippen LogP contribution >= 0.6 is 12.4 Å². The summed E-state index contributed by atoms with van der Waals surface area (Å²) < 4.78 is 2.35. The van der Waals surface area contributed by atoms with Gasteiger partial charge in [0.25, 0.3) is 0 Å². The van der Waals surface area contributed by atoms with Crippen molar-refractivity contribution in [3.8, 4) is 0 Å². The number of rotatable bonds is 4. The maximum atomic E-state index is 13.3. The van der Waals surface area contributed by atoms with Gasteiger partial charge in [-0.25, -0.2) is 0 Å². The van der Waals surface area contributed by atoms with Crippen LogP contribution in [0.5, 0.6) is 0 Å². The summed E-state index contributed by atoms with van der Waals surface area (Å²) in [6.07, 6.45) is 2.49. The van der Waals surface area contributed by atoms with E-state index < -0.39 is 0 Å². The molecule has 2 heterocycles. The van der Waals surface area contributed by atoms with Crippen LogP contribution in [0, 0.1) is 12.8 Å². The van der Waals surface area contributed by atoms with Crippen molar-refractivity contribution in [1.29, 1.82) is 0 Å². The van der Waals surface area contributed by atoms with Crippen molar-refractivity contribution >= 4 is 34.8 Å². The zero-order valence-corrected chi connectivity index (χ0v) is 17.3. The first-order valence-corrected chi connectivity index (χ1v) is 9.71. The van der Waals surface area contributed by atoms with E-state index in [0.717, 1.165) is 35.2 Å². The number of piperidine rings is 1. The second-order valence-electron chi connectivity index (χ2n) is 7.81. The van der Waals surface area contributed by atoms with E-state index in [4.69, 9.17) is 5.73 Å². The molecule has 0 bridgehead atoms. The van der Waals surface area contributed by atoms with Crippen molar-refractivity contribution < 1.29 is 4.79 Å². The SMILES string of the molecule is Cc1c(C(=O)c2ccc(N)cc2)c2ccccc2n1CC1CCCN(C)C1.Cl. The third kappa shape index (κ3) is 3.80. The van der Waals surface area contributed by atoms with Gasteiger partial charge in [-0.15, -0.1) is 12.4 Å². The molecule has 1 aromatic heterocycles. The molecule has 1 aliphatic rings. The summed E-state index contributed by atoms with van der Waals surface area (Å²) in [4.78, 5) is 15.7. The van der Waals surface area contributed by atoms with E-state index in [2.05, 4.69) is 41.6 Å². The third-order valence-corrected chi connectivity index (χ3v) is 5.79. The lowest BCUT2D eigenvalue weighted by Crippen LogP contribution is -2.34. The molecule has 1 aliphatic heterocycles. The number of nitrogens with two attached hydrogens (primary N) is 1. The summed E-state index contributed by atoms with van der Waals surface area (Å²) >= 11 is 0. The topological polar surface area (TPSA) is 51.3 Å². The molecule has 1 saturated heterocycles. The molecule has 3 aromatic rings. The quantitative estimate of drug-likeness (QED) is 0.520. The van der Waals surface area contributed by atoms with Crippen molar-refractivity contribution in [2.75, 3.05) is 25.9 Å². The molecular weight excluding hydrogens is 370 g/mol. The van der Waals surface area contributed by atoms with Gasteiger partial charge in [0.15, 0.2) is 5.78 Å². The largest absolute Gasteiger partial charge is 0.399 e. The number of carbonyl (C=O) groups is 1. The summed E-state index contributed by atoms with van der Waals surface area (Å²) in [5.74, 6) is 0.695. The Morgan fingerprint density at radius 3 is 2.57 bits per heavy atom. The Bertz CT molecular complexity index is 977. The summed E-state index contributed by atoms with van der Waals surface area (Å²) in [6, 6.07) is 15.5. The molecular formula is C23H28ClN3O. The van der Waals surface area contributed by atoms with Gasteiger partial charge in [-0.3, -0.25) is 4.79 Å². The Labute approximate surface area is 172 Å². The number of nitrogen functional groups attached to an aromatic ring is 1. The standard InChI is InChI=1S/C23H27N3O.ClH/c1-16-22(23(27)18-9-11-19(24)12-10-18)20-7-3-4-8-21(20)26(16)15-17-6-5-13-25(2)14-17;/h3-4,7-12,17H,5-6,13-15,24H2,1-2H3;1H. The second kappa shape index (κ2) is 8.38. The molecule has 0 aliphatic carbocycles. The molecule has 2 aromatic carbocycles. The molecule has 4 nitrogen and oxygen atoms in total. The molecule has 28 heavy (non-hydrogen) atoms. The van der Waals surface area contributed by atoms with E-state index >= 15 is 0 Å². The minimum atomic E-state index is 0. The van der Waals surface area contributed by atoms with Crippen LogP contribution in [0.4, 0.5) is 5.69 Å². The molecule has 1 atom stereocenters. The fourth-order valence-corrected chi connectivity index (χ4v) is 4.41. The number of para-hydroxylation sites is 1. The molecule has 1 fully saturated rings. The maximum Gasteiger partial charge on any atom is 0.195 e. The molecule has 148 valence electrons. The van der Waals surface area contributed by atoms with Crippen molar-refractivity contribution in [3.05, 3.63) is 65.4 Å². The van der Waals surface area contributed by atoms with E-state index in [1.807, 2.05) is 18.2 Å². The lowest BCUT2D eigenvalue weighted by molar-refractivity contribution is 0.103. The molecule has 0 spiro atoms. The van der Waals surface area contributed by atoms with Gasteiger partial charge in [-0.05, 0) is 69.6 Å². The molecule has 0 saturated carbocycles. The van der Waals surface area contributed by atoms with Crippen LogP contribution in [0.2, 0.25) is 0 Å². The predicted molar refractivity (Wildman–Crippen MR) is 118 cm³/mol. The number of hydrogen-bond acceptors (Lipinski definition) is 3. The van der Waals surface area contributed by atoms with Crippen molar-refractivity contribution in [1.82, 2.24) is 9.47 Å². The van der Waals surface area contributed by atoms with E-state index in [9.17, 15) is 4.79 Å². The van der Waals surface area contributed by atoms with Gasteiger partial charge in [0.05, 0.1) is 5.56 Å². The summed E-state index contributed by atoms with van der Waals surface area (Å²) in [7, 11) is 2.20. The van der Waals surface area contributed by atoms with Gasteiger partial charge < -0.3 is 15.2 Å². The molecule has 5 heteroatoms. The number of halogens is 1. The van der Waals surface area contributed by atoms with E-state index in [1.54, 1.807) is 12.1 Å². The average molecular weight is 398 g/mol. The Morgan fingerprint density at radius 1 is 1.14 bits per heavy atom. The number of benzene rings is 2. The van der Waals surface area contributed by atoms with E-state index in [-0.39, 0.29) is 18.2 Å². The van der Waals surface area contributed by atoms with Gasteiger partial charge in [0, 0.05) is 40.9 Å². The minimum Gasteiger partial charge on any atom is -0.399 e.